The molecule has 11 heavy (non-hydrogen) atoms. The number of hydrogen-bond donors (Lipinski definition) is 0. The van der Waals surface area contributed by atoms with Crippen molar-refractivity contribution in [3.63, 3.8) is 0 Å². The van der Waals surface area contributed by atoms with Crippen LogP contribution in [0.1, 0.15) is 24.3 Å². The van der Waals surface area contributed by atoms with Gasteiger partial charge in [0.2, 0.25) is 0 Å². The normalized spacial score (nSPS) is 10.1. The fourth-order valence-electron chi connectivity index (χ4n) is 0.798. The van der Waals surface area contributed by atoms with E-state index in [4.69, 9.17) is 11.6 Å². The number of carbonyl (C=O) groups excluding carboxylic acids is 1. The van der Waals surface area contributed by atoms with Crippen molar-refractivity contribution < 1.29 is 4.79 Å². The Kier molecular flexibility index (Phi) is 2.29. The van der Waals surface area contributed by atoms with E-state index in [1.807, 2.05) is 6.92 Å². The number of ketones is 1. The van der Waals surface area contributed by atoms with Crippen molar-refractivity contribution in [2.45, 2.75) is 20.4 Å². The second-order valence-corrected chi connectivity index (χ2v) is 2.64. The van der Waals surface area contributed by atoms with Gasteiger partial charge in [-0.1, -0.05) is 11.6 Å². The fraction of sp³-hybridized carbons (Fsp3) is 0.429. The van der Waals surface area contributed by atoms with Crippen LogP contribution in [0.15, 0.2) is 6.20 Å². The van der Waals surface area contributed by atoms with Crippen molar-refractivity contribution in [1.82, 2.24) is 9.78 Å². The number of carbonyl (C=O) groups is 1. The van der Waals surface area contributed by atoms with Gasteiger partial charge < -0.3 is 0 Å². The highest BCUT2D eigenvalue weighted by Crippen LogP contribution is 2.13. The SMILES string of the molecule is CCn1cc(Cl)c(C(C)=O)n1. The summed E-state index contributed by atoms with van der Waals surface area (Å²) < 4.78 is 1.64. The lowest BCUT2D eigenvalue weighted by Gasteiger charge is -1.89. The van der Waals surface area contributed by atoms with Gasteiger partial charge >= 0.3 is 0 Å². The van der Waals surface area contributed by atoms with E-state index in [0.29, 0.717) is 10.7 Å². The van der Waals surface area contributed by atoms with Crippen LogP contribution in [0.5, 0.6) is 0 Å². The van der Waals surface area contributed by atoms with Crippen LogP contribution in [0, 0.1) is 0 Å². The summed E-state index contributed by atoms with van der Waals surface area (Å²) in [6.45, 7) is 4.12. The molecule has 0 radical (unpaired) electrons. The van der Waals surface area contributed by atoms with Gasteiger partial charge in [-0.15, -0.1) is 0 Å². The van der Waals surface area contributed by atoms with Crippen LogP contribution in [0.3, 0.4) is 0 Å². The predicted octanol–water partition coefficient (Wildman–Crippen LogP) is 1.76. The zero-order valence-electron chi connectivity index (χ0n) is 6.47. The first kappa shape index (κ1) is 8.27. The number of halogens is 1. The highest BCUT2D eigenvalue weighted by Gasteiger charge is 2.09. The highest BCUT2D eigenvalue weighted by atomic mass is 35.5. The summed E-state index contributed by atoms with van der Waals surface area (Å²) in [6.07, 6.45) is 1.65. The van der Waals surface area contributed by atoms with E-state index in [2.05, 4.69) is 5.10 Å². The monoisotopic (exact) mass is 172 g/mol. The molecular weight excluding hydrogens is 164 g/mol. The molecule has 0 bridgehead atoms. The quantitative estimate of drug-likeness (QED) is 0.638. The molecule has 0 saturated carbocycles. The Labute approximate surface area is 70.0 Å². The minimum absolute atomic E-state index is 0.0952. The van der Waals surface area contributed by atoms with Crippen molar-refractivity contribution in [2.24, 2.45) is 0 Å². The molecule has 0 fully saturated rings. The molecule has 0 atom stereocenters. The minimum Gasteiger partial charge on any atom is -0.293 e. The largest absolute Gasteiger partial charge is 0.293 e. The maximum atomic E-state index is 10.8. The van der Waals surface area contributed by atoms with Gasteiger partial charge in [0.1, 0.15) is 5.69 Å². The molecule has 4 heteroatoms. The van der Waals surface area contributed by atoms with Crippen LogP contribution in [0.4, 0.5) is 0 Å². The Balaban J connectivity index is 3.07. The molecule has 1 rings (SSSR count). The number of aromatic nitrogens is 2. The Morgan fingerprint density at radius 1 is 1.82 bits per heavy atom. The van der Waals surface area contributed by atoms with Gasteiger partial charge in [0.15, 0.2) is 5.78 Å². The van der Waals surface area contributed by atoms with Crippen LogP contribution in [-0.2, 0) is 6.54 Å². The molecule has 0 aliphatic carbocycles. The summed E-state index contributed by atoms with van der Waals surface area (Å²) in [7, 11) is 0. The summed E-state index contributed by atoms with van der Waals surface area (Å²) >= 11 is 5.71. The first-order valence-corrected chi connectivity index (χ1v) is 3.76. The number of rotatable bonds is 2. The molecule has 0 amide bonds. The zero-order chi connectivity index (χ0) is 8.43. The lowest BCUT2D eigenvalue weighted by Crippen LogP contribution is -1.98. The summed E-state index contributed by atoms with van der Waals surface area (Å²) in [5.74, 6) is -0.0952. The van der Waals surface area contributed by atoms with Crippen molar-refractivity contribution in [3.05, 3.63) is 16.9 Å². The van der Waals surface area contributed by atoms with E-state index in [1.54, 1.807) is 10.9 Å². The molecule has 1 heterocycles. The topological polar surface area (TPSA) is 34.9 Å². The Morgan fingerprint density at radius 2 is 2.45 bits per heavy atom. The van der Waals surface area contributed by atoms with Gasteiger partial charge in [-0.25, -0.2) is 0 Å². The van der Waals surface area contributed by atoms with Gasteiger partial charge in [-0.05, 0) is 6.92 Å². The standard InChI is InChI=1S/C7H9ClN2O/c1-3-10-4-6(8)7(9-10)5(2)11/h4H,3H2,1-2H3. The van der Waals surface area contributed by atoms with Gasteiger partial charge in [0.05, 0.1) is 5.02 Å². The number of aryl methyl sites for hydroxylation is 1. The van der Waals surface area contributed by atoms with Gasteiger partial charge in [-0.3, -0.25) is 9.48 Å². The molecule has 1 aromatic rings. The molecular formula is C7H9ClN2O. The van der Waals surface area contributed by atoms with Crippen LogP contribution < -0.4 is 0 Å². The second kappa shape index (κ2) is 3.05. The molecule has 60 valence electrons. The summed E-state index contributed by atoms with van der Waals surface area (Å²) in [5, 5.41) is 4.39. The summed E-state index contributed by atoms with van der Waals surface area (Å²) in [6, 6.07) is 0. The third kappa shape index (κ3) is 1.60. The molecule has 0 saturated heterocycles. The average Bonchev–Trinajstić information content (AvgIpc) is 2.30. The molecule has 0 aliphatic rings. The third-order valence-electron chi connectivity index (χ3n) is 1.37. The molecule has 1 aromatic heterocycles. The van der Waals surface area contributed by atoms with Crippen LogP contribution in [0.25, 0.3) is 0 Å². The molecule has 0 aromatic carbocycles. The van der Waals surface area contributed by atoms with Crippen LogP contribution in [-0.4, -0.2) is 15.6 Å². The lowest BCUT2D eigenvalue weighted by atomic mass is 10.3. The molecule has 0 N–H and O–H groups in total. The minimum atomic E-state index is -0.0952. The van der Waals surface area contributed by atoms with E-state index >= 15 is 0 Å². The first-order chi connectivity index (χ1) is 5.15. The summed E-state index contributed by atoms with van der Waals surface area (Å²) in [4.78, 5) is 10.8. The van der Waals surface area contributed by atoms with Crippen LogP contribution >= 0.6 is 11.6 Å². The van der Waals surface area contributed by atoms with E-state index in [-0.39, 0.29) is 5.78 Å². The Morgan fingerprint density at radius 3 is 2.73 bits per heavy atom. The molecule has 0 aliphatic heterocycles. The Hall–Kier alpha value is -0.830. The van der Waals surface area contributed by atoms with E-state index in [1.165, 1.54) is 6.92 Å². The van der Waals surface area contributed by atoms with Crippen molar-refractivity contribution in [2.75, 3.05) is 0 Å². The third-order valence-corrected chi connectivity index (χ3v) is 1.65. The maximum Gasteiger partial charge on any atom is 0.181 e. The van der Waals surface area contributed by atoms with Crippen molar-refractivity contribution in [1.29, 1.82) is 0 Å². The van der Waals surface area contributed by atoms with Crippen LogP contribution in [0.2, 0.25) is 5.02 Å². The lowest BCUT2D eigenvalue weighted by molar-refractivity contribution is 0.101. The van der Waals surface area contributed by atoms with Gasteiger partial charge in [0, 0.05) is 19.7 Å². The van der Waals surface area contributed by atoms with E-state index in [0.717, 1.165) is 6.54 Å². The van der Waals surface area contributed by atoms with Gasteiger partial charge in [0.25, 0.3) is 0 Å². The molecule has 0 unspecified atom stereocenters. The first-order valence-electron chi connectivity index (χ1n) is 3.39. The van der Waals surface area contributed by atoms with E-state index < -0.39 is 0 Å². The highest BCUT2D eigenvalue weighted by molar-refractivity contribution is 6.33. The van der Waals surface area contributed by atoms with Crippen molar-refractivity contribution in [3.8, 4) is 0 Å². The fourth-order valence-corrected chi connectivity index (χ4v) is 1.08. The summed E-state index contributed by atoms with van der Waals surface area (Å²) in [5.41, 5.74) is 0.355. The van der Waals surface area contributed by atoms with Gasteiger partial charge in [-0.2, -0.15) is 5.10 Å². The Bertz CT molecular complexity index is 280. The number of nitrogens with zero attached hydrogens (tertiary/aromatic N) is 2. The maximum absolute atomic E-state index is 10.8. The zero-order valence-corrected chi connectivity index (χ0v) is 7.22. The van der Waals surface area contributed by atoms with Crippen molar-refractivity contribution >= 4 is 17.4 Å². The van der Waals surface area contributed by atoms with E-state index in [9.17, 15) is 4.79 Å². The molecule has 3 nitrogen and oxygen atoms in total. The number of hydrogen-bond acceptors (Lipinski definition) is 2. The molecule has 0 spiro atoms. The smallest absolute Gasteiger partial charge is 0.181 e. The predicted molar refractivity (Wildman–Crippen MR) is 42.9 cm³/mol. The second-order valence-electron chi connectivity index (χ2n) is 2.24. The number of Topliss-reactive ketones (excluding diaryl/α,β-unsaturated/α-hetero) is 1. The average molecular weight is 173 g/mol.